The van der Waals surface area contributed by atoms with E-state index in [1.807, 2.05) is 0 Å². The molecule has 0 aliphatic heterocycles. The molecule has 1 rings (SSSR count). The number of nitrogens with zero attached hydrogens (tertiary/aromatic N) is 1. The van der Waals surface area contributed by atoms with Gasteiger partial charge in [0.1, 0.15) is 0 Å². The van der Waals surface area contributed by atoms with Crippen LogP contribution in [0.1, 0.15) is 40.0 Å². The molecule has 1 saturated carbocycles. The van der Waals surface area contributed by atoms with E-state index in [1.54, 1.807) is 0 Å². The Kier molecular flexibility index (Phi) is 3.48. The summed E-state index contributed by atoms with van der Waals surface area (Å²) < 4.78 is 0. The van der Waals surface area contributed by atoms with Crippen LogP contribution in [0.25, 0.3) is 0 Å². The Morgan fingerprint density at radius 1 is 1.64 bits per heavy atom. The predicted molar refractivity (Wildman–Crippen MR) is 64.2 cm³/mol. The predicted octanol–water partition coefficient (Wildman–Crippen LogP) is 2.02. The van der Waals surface area contributed by atoms with Gasteiger partial charge in [-0.2, -0.15) is 5.10 Å². The van der Waals surface area contributed by atoms with Crippen LogP contribution in [0.2, 0.25) is 0 Å². The fraction of sp³-hybridized carbons (Fsp3) is 0.800. The van der Waals surface area contributed by atoms with Crippen molar-refractivity contribution in [2.45, 2.75) is 40.0 Å². The molecule has 1 aliphatic rings. The van der Waals surface area contributed by atoms with E-state index in [2.05, 4.69) is 31.3 Å². The first kappa shape index (κ1) is 11.4. The highest BCUT2D eigenvalue weighted by atomic mass is 32.1. The Labute approximate surface area is 91.1 Å². The van der Waals surface area contributed by atoms with Crippen molar-refractivity contribution in [3.63, 3.8) is 0 Å². The zero-order valence-electron chi connectivity index (χ0n) is 9.13. The first-order valence-electron chi connectivity index (χ1n) is 5.00. The molecule has 0 bridgehead atoms. The minimum atomic E-state index is 0.244. The van der Waals surface area contributed by atoms with Gasteiger partial charge in [-0.3, -0.25) is 5.43 Å². The van der Waals surface area contributed by atoms with Crippen molar-refractivity contribution in [1.82, 2.24) is 5.43 Å². The molecule has 3 N–H and O–H groups in total. The topological polar surface area (TPSA) is 50.4 Å². The maximum atomic E-state index is 5.33. The largest absolute Gasteiger partial charge is 0.375 e. The Morgan fingerprint density at radius 3 is 2.79 bits per heavy atom. The van der Waals surface area contributed by atoms with E-state index in [4.69, 9.17) is 18.0 Å². The van der Waals surface area contributed by atoms with Crippen molar-refractivity contribution in [3.8, 4) is 0 Å². The molecule has 0 spiro atoms. The molecule has 0 aromatic heterocycles. The smallest absolute Gasteiger partial charge is 0.184 e. The maximum Gasteiger partial charge on any atom is 0.184 e. The van der Waals surface area contributed by atoms with Gasteiger partial charge >= 0.3 is 0 Å². The number of nitrogens with one attached hydrogen (secondary N) is 1. The van der Waals surface area contributed by atoms with E-state index < -0.39 is 0 Å². The van der Waals surface area contributed by atoms with Gasteiger partial charge in [0.15, 0.2) is 5.11 Å². The summed E-state index contributed by atoms with van der Waals surface area (Å²) in [6, 6.07) is 0. The van der Waals surface area contributed by atoms with Gasteiger partial charge in [-0.1, -0.05) is 20.8 Å². The molecular weight excluding hydrogens is 194 g/mol. The quantitative estimate of drug-likeness (QED) is 0.517. The van der Waals surface area contributed by atoms with Crippen molar-refractivity contribution in [2.24, 2.45) is 22.2 Å². The van der Waals surface area contributed by atoms with Crippen LogP contribution in [-0.4, -0.2) is 10.8 Å². The minimum absolute atomic E-state index is 0.244. The number of thiocarbonyl (C=S) groups is 1. The van der Waals surface area contributed by atoms with Crippen LogP contribution in [0.15, 0.2) is 5.10 Å². The van der Waals surface area contributed by atoms with E-state index in [9.17, 15) is 0 Å². The molecule has 0 aromatic rings. The number of hydrogen-bond donors (Lipinski definition) is 2. The van der Waals surface area contributed by atoms with Crippen LogP contribution in [0.3, 0.4) is 0 Å². The van der Waals surface area contributed by atoms with E-state index in [0.29, 0.717) is 11.3 Å². The molecule has 14 heavy (non-hydrogen) atoms. The second kappa shape index (κ2) is 4.26. The van der Waals surface area contributed by atoms with Crippen LogP contribution >= 0.6 is 12.2 Å². The fourth-order valence-corrected chi connectivity index (χ4v) is 2.38. The lowest BCUT2D eigenvalue weighted by molar-refractivity contribution is 0.265. The highest BCUT2D eigenvalue weighted by Gasteiger charge is 2.29. The lowest BCUT2D eigenvalue weighted by Gasteiger charge is -2.34. The third kappa shape index (κ3) is 3.62. The molecule has 0 heterocycles. The zero-order chi connectivity index (χ0) is 10.8. The zero-order valence-corrected chi connectivity index (χ0v) is 9.95. The minimum Gasteiger partial charge on any atom is -0.375 e. The first-order chi connectivity index (χ1) is 6.39. The molecule has 1 aliphatic carbocycles. The summed E-state index contributed by atoms with van der Waals surface area (Å²) in [5.41, 5.74) is 9.53. The van der Waals surface area contributed by atoms with Crippen LogP contribution < -0.4 is 11.2 Å². The van der Waals surface area contributed by atoms with Gasteiger partial charge in [0.2, 0.25) is 0 Å². The number of hydrazone groups is 1. The van der Waals surface area contributed by atoms with Crippen molar-refractivity contribution in [3.05, 3.63) is 0 Å². The lowest BCUT2D eigenvalue weighted by atomic mass is 9.72. The third-order valence-electron chi connectivity index (χ3n) is 2.49. The third-order valence-corrected chi connectivity index (χ3v) is 2.58. The van der Waals surface area contributed by atoms with Crippen molar-refractivity contribution < 1.29 is 0 Å². The first-order valence-corrected chi connectivity index (χ1v) is 5.41. The summed E-state index contributed by atoms with van der Waals surface area (Å²) in [5, 5.41) is 4.47. The summed E-state index contributed by atoms with van der Waals surface area (Å²) in [4.78, 5) is 0. The highest BCUT2D eigenvalue weighted by molar-refractivity contribution is 7.80. The molecule has 0 saturated heterocycles. The Bertz CT molecular complexity index is 258. The SMILES string of the molecule is CC1CC(=NNC(N)=S)CC(C)(C)C1. The summed E-state index contributed by atoms with van der Waals surface area (Å²) >= 11 is 4.71. The molecule has 0 radical (unpaired) electrons. The Hall–Kier alpha value is -0.640. The summed E-state index contributed by atoms with van der Waals surface area (Å²) in [7, 11) is 0. The van der Waals surface area contributed by atoms with Crippen LogP contribution in [-0.2, 0) is 0 Å². The van der Waals surface area contributed by atoms with Gasteiger partial charge in [0.05, 0.1) is 0 Å². The number of nitrogens with two attached hydrogens (primary N) is 1. The van der Waals surface area contributed by atoms with Crippen molar-refractivity contribution in [2.75, 3.05) is 0 Å². The average molecular weight is 213 g/mol. The van der Waals surface area contributed by atoms with E-state index in [-0.39, 0.29) is 5.11 Å². The van der Waals surface area contributed by atoms with E-state index >= 15 is 0 Å². The van der Waals surface area contributed by atoms with Gasteiger partial charge in [0.25, 0.3) is 0 Å². The Balaban J connectivity index is 2.62. The molecule has 4 heteroatoms. The van der Waals surface area contributed by atoms with Crippen LogP contribution in [0.4, 0.5) is 0 Å². The van der Waals surface area contributed by atoms with Gasteiger partial charge in [-0.15, -0.1) is 0 Å². The van der Waals surface area contributed by atoms with Crippen molar-refractivity contribution in [1.29, 1.82) is 0 Å². The molecule has 1 atom stereocenters. The molecule has 1 fully saturated rings. The lowest BCUT2D eigenvalue weighted by Crippen LogP contribution is -2.31. The fourth-order valence-electron chi connectivity index (χ4n) is 2.33. The van der Waals surface area contributed by atoms with Gasteiger partial charge in [-0.25, -0.2) is 0 Å². The van der Waals surface area contributed by atoms with Gasteiger partial charge in [-0.05, 0) is 42.8 Å². The molecule has 80 valence electrons. The number of rotatable bonds is 1. The van der Waals surface area contributed by atoms with Gasteiger partial charge < -0.3 is 5.73 Å². The summed E-state index contributed by atoms with van der Waals surface area (Å²) in [6.07, 6.45) is 3.35. The molecule has 1 unspecified atom stereocenters. The average Bonchev–Trinajstić information content (AvgIpc) is 1.96. The normalized spacial score (nSPS) is 28.8. The van der Waals surface area contributed by atoms with Crippen LogP contribution in [0, 0.1) is 11.3 Å². The second-order valence-corrected chi connectivity index (χ2v) is 5.45. The highest BCUT2D eigenvalue weighted by Crippen LogP contribution is 2.36. The maximum absolute atomic E-state index is 5.33. The standard InChI is InChI=1S/C10H19N3S/c1-7-4-8(12-13-9(11)14)6-10(2,3)5-7/h7H,4-6H2,1-3H3,(H3,11,13,14). The molecule has 0 amide bonds. The monoisotopic (exact) mass is 213 g/mol. The second-order valence-electron chi connectivity index (χ2n) is 5.01. The van der Waals surface area contributed by atoms with E-state index in [0.717, 1.165) is 12.8 Å². The van der Waals surface area contributed by atoms with Crippen molar-refractivity contribution >= 4 is 23.0 Å². The number of hydrogen-bond acceptors (Lipinski definition) is 2. The molecular formula is C10H19N3S. The van der Waals surface area contributed by atoms with E-state index in [1.165, 1.54) is 12.1 Å². The summed E-state index contributed by atoms with van der Waals surface area (Å²) in [6.45, 7) is 6.81. The Morgan fingerprint density at radius 2 is 2.29 bits per heavy atom. The summed E-state index contributed by atoms with van der Waals surface area (Å²) in [5.74, 6) is 0.700. The molecule has 0 aromatic carbocycles. The molecule has 3 nitrogen and oxygen atoms in total. The van der Waals surface area contributed by atoms with Crippen LogP contribution in [0.5, 0.6) is 0 Å². The van der Waals surface area contributed by atoms with Gasteiger partial charge in [0, 0.05) is 5.71 Å².